The number of nitrogens with one attached hydrogen (secondary N) is 1. The number of hydrogen-bond donors (Lipinski definition) is 2. The lowest BCUT2D eigenvalue weighted by Gasteiger charge is -2.24. The molecule has 1 aliphatic rings. The van der Waals surface area contributed by atoms with E-state index >= 15 is 0 Å². The third-order valence-corrected chi connectivity index (χ3v) is 1.94. The van der Waals surface area contributed by atoms with Crippen LogP contribution < -0.4 is 11.2 Å². The molecule has 3 nitrogen and oxygen atoms in total. The normalized spacial score (nSPS) is 24.0. The number of nitrogens with two attached hydrogens (primary N) is 1. The van der Waals surface area contributed by atoms with Crippen LogP contribution in [0, 0.1) is 0 Å². The largest absolute Gasteiger partial charge is 0.327 e. The van der Waals surface area contributed by atoms with E-state index in [1.54, 1.807) is 0 Å². The van der Waals surface area contributed by atoms with Crippen molar-refractivity contribution < 1.29 is 4.84 Å². The maximum atomic E-state index is 5.77. The number of rotatable bonds is 2. The molecular formula is C10H20N2O. The van der Waals surface area contributed by atoms with E-state index in [9.17, 15) is 0 Å². The van der Waals surface area contributed by atoms with Crippen LogP contribution in [0.25, 0.3) is 0 Å². The van der Waals surface area contributed by atoms with E-state index in [1.807, 2.05) is 20.8 Å². The van der Waals surface area contributed by atoms with Gasteiger partial charge in [-0.15, -0.1) is 0 Å². The van der Waals surface area contributed by atoms with Gasteiger partial charge in [0.1, 0.15) is 0 Å². The van der Waals surface area contributed by atoms with Crippen molar-refractivity contribution in [2.45, 2.75) is 51.7 Å². The Balaban J connectivity index is 2.30. The molecule has 76 valence electrons. The van der Waals surface area contributed by atoms with Gasteiger partial charge in [-0.05, 0) is 40.0 Å². The highest BCUT2D eigenvalue weighted by atomic mass is 16.7. The zero-order valence-electron chi connectivity index (χ0n) is 8.76. The van der Waals surface area contributed by atoms with E-state index in [-0.39, 0.29) is 5.60 Å². The summed E-state index contributed by atoms with van der Waals surface area (Å²) in [5.41, 5.74) is 9.78. The fourth-order valence-corrected chi connectivity index (χ4v) is 1.17. The van der Waals surface area contributed by atoms with Crippen LogP contribution in [0.3, 0.4) is 0 Å². The first-order valence-electron chi connectivity index (χ1n) is 4.86. The van der Waals surface area contributed by atoms with E-state index in [1.165, 1.54) is 0 Å². The van der Waals surface area contributed by atoms with Gasteiger partial charge in [0.25, 0.3) is 0 Å². The third-order valence-electron chi connectivity index (χ3n) is 1.94. The predicted octanol–water partition coefficient (Wildman–Crippen LogP) is 1.70. The number of hydroxylamine groups is 1. The molecule has 0 heterocycles. The van der Waals surface area contributed by atoms with Crippen LogP contribution in [0.5, 0.6) is 0 Å². The van der Waals surface area contributed by atoms with Gasteiger partial charge >= 0.3 is 0 Å². The molecule has 1 unspecified atom stereocenters. The SMILES string of the molecule is CC(C)(C)ONC1=CCC(N)CC1. The molecule has 3 heteroatoms. The van der Waals surface area contributed by atoms with Gasteiger partial charge in [0.05, 0.1) is 5.60 Å². The van der Waals surface area contributed by atoms with Crippen molar-refractivity contribution in [3.63, 3.8) is 0 Å². The van der Waals surface area contributed by atoms with Crippen molar-refractivity contribution in [1.82, 2.24) is 5.48 Å². The molecule has 1 rings (SSSR count). The molecular weight excluding hydrogens is 164 g/mol. The van der Waals surface area contributed by atoms with Crippen molar-refractivity contribution in [3.05, 3.63) is 11.8 Å². The lowest BCUT2D eigenvalue weighted by Crippen LogP contribution is -2.31. The van der Waals surface area contributed by atoms with Crippen molar-refractivity contribution in [1.29, 1.82) is 0 Å². The molecule has 1 aliphatic carbocycles. The minimum absolute atomic E-state index is 0.138. The van der Waals surface area contributed by atoms with Gasteiger partial charge in [-0.25, -0.2) is 0 Å². The van der Waals surface area contributed by atoms with Gasteiger partial charge in [0.15, 0.2) is 0 Å². The van der Waals surface area contributed by atoms with Crippen LogP contribution in [0.4, 0.5) is 0 Å². The first-order valence-corrected chi connectivity index (χ1v) is 4.86. The summed E-state index contributed by atoms with van der Waals surface area (Å²) in [5, 5.41) is 0. The number of allylic oxidation sites excluding steroid dienone is 1. The summed E-state index contributed by atoms with van der Waals surface area (Å²) in [5.74, 6) is 0. The van der Waals surface area contributed by atoms with Crippen LogP contribution >= 0.6 is 0 Å². The Labute approximate surface area is 80.3 Å². The topological polar surface area (TPSA) is 47.3 Å². The molecule has 1 atom stereocenters. The minimum Gasteiger partial charge on any atom is -0.327 e. The highest BCUT2D eigenvalue weighted by Gasteiger charge is 2.14. The van der Waals surface area contributed by atoms with Crippen LogP contribution in [0.1, 0.15) is 40.0 Å². The maximum Gasteiger partial charge on any atom is 0.0876 e. The summed E-state index contributed by atoms with van der Waals surface area (Å²) >= 11 is 0. The summed E-state index contributed by atoms with van der Waals surface area (Å²) in [6.07, 6.45) is 5.12. The summed E-state index contributed by atoms with van der Waals surface area (Å²) in [6, 6.07) is 0.334. The molecule has 0 bridgehead atoms. The Morgan fingerprint density at radius 3 is 2.69 bits per heavy atom. The van der Waals surface area contributed by atoms with Crippen molar-refractivity contribution in [3.8, 4) is 0 Å². The second-order valence-electron chi connectivity index (χ2n) is 4.58. The Morgan fingerprint density at radius 1 is 1.54 bits per heavy atom. The van der Waals surface area contributed by atoms with Crippen LogP contribution in [0.2, 0.25) is 0 Å². The Bertz CT molecular complexity index is 194. The van der Waals surface area contributed by atoms with Crippen molar-refractivity contribution in [2.24, 2.45) is 5.73 Å². The smallest absolute Gasteiger partial charge is 0.0876 e. The zero-order valence-corrected chi connectivity index (χ0v) is 8.76. The Hall–Kier alpha value is -0.540. The fourth-order valence-electron chi connectivity index (χ4n) is 1.17. The average Bonchev–Trinajstić information content (AvgIpc) is 2.02. The van der Waals surface area contributed by atoms with Crippen LogP contribution in [-0.4, -0.2) is 11.6 Å². The molecule has 0 saturated heterocycles. The van der Waals surface area contributed by atoms with Gasteiger partial charge in [-0.1, -0.05) is 6.08 Å². The minimum atomic E-state index is -0.138. The van der Waals surface area contributed by atoms with Crippen LogP contribution in [0.15, 0.2) is 11.8 Å². The first kappa shape index (κ1) is 10.5. The molecule has 0 aromatic heterocycles. The fraction of sp³-hybridized carbons (Fsp3) is 0.800. The summed E-state index contributed by atoms with van der Waals surface area (Å²) < 4.78 is 0. The quantitative estimate of drug-likeness (QED) is 0.642. The highest BCUT2D eigenvalue weighted by Crippen LogP contribution is 2.15. The molecule has 0 fully saturated rings. The standard InChI is InChI=1S/C10H20N2O/c1-10(2,3)13-12-9-6-4-8(11)5-7-9/h6,8,12H,4-5,7,11H2,1-3H3. The summed E-state index contributed by atoms with van der Waals surface area (Å²) in [6.45, 7) is 6.07. The first-order chi connectivity index (χ1) is 5.97. The highest BCUT2D eigenvalue weighted by molar-refractivity contribution is 5.03. The molecule has 0 aromatic carbocycles. The predicted molar refractivity (Wildman–Crippen MR) is 53.9 cm³/mol. The van der Waals surface area contributed by atoms with E-state index in [4.69, 9.17) is 10.6 Å². The second-order valence-corrected chi connectivity index (χ2v) is 4.58. The molecule has 0 spiro atoms. The van der Waals surface area contributed by atoms with Crippen molar-refractivity contribution >= 4 is 0 Å². The van der Waals surface area contributed by atoms with E-state index < -0.39 is 0 Å². The van der Waals surface area contributed by atoms with E-state index in [0.29, 0.717) is 6.04 Å². The third kappa shape index (κ3) is 4.29. The number of hydrogen-bond acceptors (Lipinski definition) is 3. The van der Waals surface area contributed by atoms with Gasteiger partial charge < -0.3 is 5.73 Å². The molecule has 0 aromatic rings. The summed E-state index contributed by atoms with van der Waals surface area (Å²) in [7, 11) is 0. The van der Waals surface area contributed by atoms with Crippen LogP contribution in [-0.2, 0) is 4.84 Å². The zero-order chi connectivity index (χ0) is 9.90. The lowest BCUT2D eigenvalue weighted by molar-refractivity contribution is -0.0597. The van der Waals surface area contributed by atoms with Gasteiger partial charge in [-0.3, -0.25) is 10.3 Å². The van der Waals surface area contributed by atoms with Crippen molar-refractivity contribution in [2.75, 3.05) is 0 Å². The molecule has 0 radical (unpaired) electrons. The van der Waals surface area contributed by atoms with Gasteiger partial charge in [0.2, 0.25) is 0 Å². The summed E-state index contributed by atoms with van der Waals surface area (Å²) in [4.78, 5) is 5.44. The molecule has 0 saturated carbocycles. The molecule has 3 N–H and O–H groups in total. The molecule has 0 aliphatic heterocycles. The molecule has 0 amide bonds. The Kier molecular flexibility index (Phi) is 3.33. The van der Waals surface area contributed by atoms with Gasteiger partial charge in [0, 0.05) is 11.7 Å². The lowest BCUT2D eigenvalue weighted by atomic mass is 10.0. The monoisotopic (exact) mass is 184 g/mol. The average molecular weight is 184 g/mol. The second kappa shape index (κ2) is 4.11. The van der Waals surface area contributed by atoms with E-state index in [2.05, 4.69) is 11.6 Å². The van der Waals surface area contributed by atoms with E-state index in [0.717, 1.165) is 25.0 Å². The molecule has 13 heavy (non-hydrogen) atoms. The maximum absolute atomic E-state index is 5.77. The Morgan fingerprint density at radius 2 is 2.23 bits per heavy atom. The van der Waals surface area contributed by atoms with Gasteiger partial charge in [-0.2, -0.15) is 0 Å².